The van der Waals surface area contributed by atoms with Gasteiger partial charge in [-0.05, 0) is 52.5 Å². The molecule has 96 valence electrons. The van der Waals surface area contributed by atoms with Crippen LogP contribution in [0.15, 0.2) is 0 Å². The zero-order valence-corrected chi connectivity index (χ0v) is 11.1. The molecule has 0 aromatic heterocycles. The highest BCUT2D eigenvalue weighted by Gasteiger charge is 2.30. The largest absolute Gasteiger partial charge is 0.383 e. The molecule has 0 bridgehead atoms. The summed E-state index contributed by atoms with van der Waals surface area (Å²) in [5, 5.41) is 3.36. The van der Waals surface area contributed by atoms with Gasteiger partial charge in [0.2, 0.25) is 0 Å². The van der Waals surface area contributed by atoms with Crippen molar-refractivity contribution in [3.8, 4) is 0 Å². The van der Waals surface area contributed by atoms with E-state index in [1.165, 1.54) is 32.1 Å². The van der Waals surface area contributed by atoms with Crippen molar-refractivity contribution in [3.05, 3.63) is 0 Å². The Morgan fingerprint density at radius 2 is 2.12 bits per heavy atom. The summed E-state index contributed by atoms with van der Waals surface area (Å²) in [6.45, 7) is 7.25. The average Bonchev–Trinajstić information content (AvgIpc) is 2.57. The standard InChI is InChI=1S/C13H27NO2/c1-13(2)8-7-12(16-13)6-4-5-9-14-10-11-15-3/h12,14H,4-11H2,1-3H3. The molecular weight excluding hydrogens is 202 g/mol. The second-order valence-electron chi connectivity index (χ2n) is 5.28. The lowest BCUT2D eigenvalue weighted by Crippen LogP contribution is -2.21. The number of unbranched alkanes of at least 4 members (excludes halogenated alkanes) is 1. The van der Waals surface area contributed by atoms with Crippen LogP contribution >= 0.6 is 0 Å². The summed E-state index contributed by atoms with van der Waals surface area (Å²) in [5.74, 6) is 0. The van der Waals surface area contributed by atoms with E-state index in [0.29, 0.717) is 6.10 Å². The molecule has 3 nitrogen and oxygen atoms in total. The molecule has 0 aromatic rings. The van der Waals surface area contributed by atoms with E-state index in [1.54, 1.807) is 7.11 Å². The summed E-state index contributed by atoms with van der Waals surface area (Å²) in [6.07, 6.45) is 6.68. The molecule has 0 radical (unpaired) electrons. The maximum atomic E-state index is 5.95. The maximum absolute atomic E-state index is 5.95. The highest BCUT2D eigenvalue weighted by molar-refractivity contribution is 4.80. The molecule has 0 saturated carbocycles. The molecule has 1 atom stereocenters. The van der Waals surface area contributed by atoms with Gasteiger partial charge in [0, 0.05) is 13.7 Å². The van der Waals surface area contributed by atoms with E-state index in [1.807, 2.05) is 0 Å². The van der Waals surface area contributed by atoms with Gasteiger partial charge >= 0.3 is 0 Å². The lowest BCUT2D eigenvalue weighted by atomic mass is 10.0. The van der Waals surface area contributed by atoms with Gasteiger partial charge < -0.3 is 14.8 Å². The van der Waals surface area contributed by atoms with Crippen molar-refractivity contribution in [3.63, 3.8) is 0 Å². The van der Waals surface area contributed by atoms with Crippen LogP contribution in [0.3, 0.4) is 0 Å². The van der Waals surface area contributed by atoms with E-state index in [2.05, 4.69) is 19.2 Å². The zero-order chi connectivity index (χ0) is 11.9. The predicted molar refractivity (Wildman–Crippen MR) is 66.8 cm³/mol. The van der Waals surface area contributed by atoms with Crippen LogP contribution in [0.25, 0.3) is 0 Å². The van der Waals surface area contributed by atoms with Gasteiger partial charge in [0.15, 0.2) is 0 Å². The third-order valence-corrected chi connectivity index (χ3v) is 3.17. The lowest BCUT2D eigenvalue weighted by molar-refractivity contribution is -0.0190. The summed E-state index contributed by atoms with van der Waals surface area (Å²) in [5.41, 5.74) is 0.126. The number of methoxy groups -OCH3 is 1. The van der Waals surface area contributed by atoms with Gasteiger partial charge in [0.25, 0.3) is 0 Å². The molecule has 1 aliphatic rings. The fourth-order valence-electron chi connectivity index (χ4n) is 2.20. The summed E-state index contributed by atoms with van der Waals surface area (Å²) < 4.78 is 10.9. The van der Waals surface area contributed by atoms with E-state index in [0.717, 1.165) is 19.7 Å². The van der Waals surface area contributed by atoms with Crippen LogP contribution in [0.5, 0.6) is 0 Å². The average molecular weight is 229 g/mol. The van der Waals surface area contributed by atoms with Crippen molar-refractivity contribution >= 4 is 0 Å². The maximum Gasteiger partial charge on any atom is 0.0631 e. The van der Waals surface area contributed by atoms with Crippen molar-refractivity contribution in [1.82, 2.24) is 5.32 Å². The first-order valence-corrected chi connectivity index (χ1v) is 6.51. The Bertz CT molecular complexity index is 183. The van der Waals surface area contributed by atoms with Crippen LogP contribution in [0.2, 0.25) is 0 Å². The Labute approximate surface area is 99.9 Å². The topological polar surface area (TPSA) is 30.5 Å². The summed E-state index contributed by atoms with van der Waals surface area (Å²) >= 11 is 0. The number of hydrogen-bond acceptors (Lipinski definition) is 3. The number of rotatable bonds is 8. The number of nitrogens with one attached hydrogen (secondary N) is 1. The van der Waals surface area contributed by atoms with Crippen LogP contribution < -0.4 is 5.32 Å². The fourth-order valence-corrected chi connectivity index (χ4v) is 2.20. The van der Waals surface area contributed by atoms with Crippen LogP contribution in [0.4, 0.5) is 0 Å². The zero-order valence-electron chi connectivity index (χ0n) is 11.1. The fraction of sp³-hybridized carbons (Fsp3) is 1.00. The van der Waals surface area contributed by atoms with Crippen LogP contribution in [0, 0.1) is 0 Å². The van der Waals surface area contributed by atoms with Crippen molar-refractivity contribution in [2.24, 2.45) is 0 Å². The third-order valence-electron chi connectivity index (χ3n) is 3.17. The Balaban J connectivity index is 1.88. The van der Waals surface area contributed by atoms with E-state index in [-0.39, 0.29) is 5.60 Å². The monoisotopic (exact) mass is 229 g/mol. The summed E-state index contributed by atoms with van der Waals surface area (Å²) in [7, 11) is 1.74. The van der Waals surface area contributed by atoms with Gasteiger partial charge in [0.1, 0.15) is 0 Å². The molecule has 0 amide bonds. The first-order chi connectivity index (χ1) is 7.64. The van der Waals surface area contributed by atoms with E-state index < -0.39 is 0 Å². The molecule has 1 rings (SSSR count). The minimum absolute atomic E-state index is 0.126. The molecule has 16 heavy (non-hydrogen) atoms. The minimum atomic E-state index is 0.126. The van der Waals surface area contributed by atoms with Gasteiger partial charge in [-0.15, -0.1) is 0 Å². The van der Waals surface area contributed by atoms with Gasteiger partial charge in [-0.2, -0.15) is 0 Å². The first kappa shape index (κ1) is 13.9. The molecule has 0 aromatic carbocycles. The van der Waals surface area contributed by atoms with E-state index in [9.17, 15) is 0 Å². The van der Waals surface area contributed by atoms with Crippen molar-refractivity contribution < 1.29 is 9.47 Å². The highest BCUT2D eigenvalue weighted by Crippen LogP contribution is 2.31. The molecule has 1 aliphatic heterocycles. The number of ether oxygens (including phenoxy) is 2. The van der Waals surface area contributed by atoms with Crippen LogP contribution in [-0.2, 0) is 9.47 Å². The second-order valence-corrected chi connectivity index (χ2v) is 5.28. The smallest absolute Gasteiger partial charge is 0.0631 e. The Morgan fingerprint density at radius 1 is 1.31 bits per heavy atom. The molecule has 1 heterocycles. The third kappa shape index (κ3) is 5.83. The quantitative estimate of drug-likeness (QED) is 0.648. The molecule has 0 aliphatic carbocycles. The summed E-state index contributed by atoms with van der Waals surface area (Å²) in [6, 6.07) is 0. The molecule has 1 N–H and O–H groups in total. The van der Waals surface area contributed by atoms with Crippen molar-refractivity contribution in [2.75, 3.05) is 26.8 Å². The Hall–Kier alpha value is -0.120. The molecule has 3 heteroatoms. The predicted octanol–water partition coefficient (Wildman–Crippen LogP) is 2.35. The first-order valence-electron chi connectivity index (χ1n) is 6.51. The SMILES string of the molecule is COCCNCCCCC1CCC(C)(C)O1. The second kappa shape index (κ2) is 7.25. The van der Waals surface area contributed by atoms with Gasteiger partial charge in [0.05, 0.1) is 18.3 Å². The number of hydrogen-bond donors (Lipinski definition) is 1. The Kier molecular flexibility index (Phi) is 6.32. The summed E-state index contributed by atoms with van der Waals surface area (Å²) in [4.78, 5) is 0. The minimum Gasteiger partial charge on any atom is -0.383 e. The van der Waals surface area contributed by atoms with Crippen molar-refractivity contribution in [2.45, 2.75) is 57.7 Å². The molecule has 1 fully saturated rings. The normalized spacial score (nSPS) is 23.8. The highest BCUT2D eigenvalue weighted by atomic mass is 16.5. The van der Waals surface area contributed by atoms with Crippen molar-refractivity contribution in [1.29, 1.82) is 0 Å². The Morgan fingerprint density at radius 3 is 2.75 bits per heavy atom. The molecule has 1 saturated heterocycles. The van der Waals surface area contributed by atoms with Gasteiger partial charge in [-0.3, -0.25) is 0 Å². The lowest BCUT2D eigenvalue weighted by Gasteiger charge is -2.19. The van der Waals surface area contributed by atoms with Gasteiger partial charge in [-0.25, -0.2) is 0 Å². The van der Waals surface area contributed by atoms with Crippen LogP contribution in [0.1, 0.15) is 46.0 Å². The van der Waals surface area contributed by atoms with E-state index in [4.69, 9.17) is 9.47 Å². The molecule has 1 unspecified atom stereocenters. The van der Waals surface area contributed by atoms with E-state index >= 15 is 0 Å². The van der Waals surface area contributed by atoms with Gasteiger partial charge in [-0.1, -0.05) is 0 Å². The molecule has 0 spiro atoms. The van der Waals surface area contributed by atoms with Crippen LogP contribution in [-0.4, -0.2) is 38.5 Å². The molecular formula is C13H27NO2.